The van der Waals surface area contributed by atoms with E-state index in [9.17, 15) is 0 Å². The Morgan fingerprint density at radius 2 is 0.929 bits per heavy atom. The molecule has 1 aliphatic rings. The van der Waals surface area contributed by atoms with Crippen molar-refractivity contribution in [1.29, 1.82) is 0 Å². The van der Waals surface area contributed by atoms with Crippen LogP contribution in [0.4, 0.5) is 0 Å². The van der Waals surface area contributed by atoms with Crippen molar-refractivity contribution in [2.75, 3.05) is 0 Å². The van der Waals surface area contributed by atoms with Crippen LogP contribution in [-0.2, 0) is 0 Å². The highest BCUT2D eigenvalue weighted by Gasteiger charge is 2.19. The topological polar surface area (TPSA) is 0 Å². The van der Waals surface area contributed by atoms with E-state index in [2.05, 4.69) is 13.8 Å². The second kappa shape index (κ2) is 15.5. The standard InChI is InChI=1S/C8H16.2C2H6.2CH4/c1-8(2)6-4-3-5-7-8;2*1-2;;/h3-7H2,1-2H3;2*1-2H3;2*1H4. The lowest BCUT2D eigenvalue weighted by molar-refractivity contribution is 0.244. The van der Waals surface area contributed by atoms with Crippen LogP contribution in [0.3, 0.4) is 0 Å². The van der Waals surface area contributed by atoms with Gasteiger partial charge in [-0.1, -0.05) is 75.7 Å². The molecule has 14 heavy (non-hydrogen) atoms. The molecule has 0 saturated heterocycles. The summed E-state index contributed by atoms with van der Waals surface area (Å²) in [6.45, 7) is 12.8. The summed E-state index contributed by atoms with van der Waals surface area (Å²) in [5.41, 5.74) is 0.679. The fraction of sp³-hybridized carbons (Fsp3) is 1.00. The Hall–Kier alpha value is 0. The first-order valence-corrected chi connectivity index (χ1v) is 5.71. The molecule has 1 rings (SSSR count). The van der Waals surface area contributed by atoms with Crippen LogP contribution in [0.5, 0.6) is 0 Å². The summed E-state index contributed by atoms with van der Waals surface area (Å²) >= 11 is 0. The quantitative estimate of drug-likeness (QED) is 0.434. The summed E-state index contributed by atoms with van der Waals surface area (Å²) in [6, 6.07) is 0. The van der Waals surface area contributed by atoms with Gasteiger partial charge in [0.15, 0.2) is 0 Å². The Kier molecular flexibility index (Phi) is 26.1. The molecular weight excluding hydrogens is 168 g/mol. The lowest BCUT2D eigenvalue weighted by Gasteiger charge is -2.28. The van der Waals surface area contributed by atoms with Gasteiger partial charge in [-0.15, -0.1) is 0 Å². The van der Waals surface area contributed by atoms with Crippen molar-refractivity contribution >= 4 is 0 Å². The minimum atomic E-state index is 0. The smallest absolute Gasteiger partial charge is 0.0354 e. The Balaban J connectivity index is -0.0000000750. The number of hydrogen-bond acceptors (Lipinski definition) is 0. The SMILES string of the molecule is C.C.CC.CC.CC1(C)CCCCC1. The lowest BCUT2D eigenvalue weighted by atomic mass is 9.78. The van der Waals surface area contributed by atoms with E-state index < -0.39 is 0 Å². The molecule has 0 atom stereocenters. The molecule has 0 aromatic heterocycles. The van der Waals surface area contributed by atoms with Crippen LogP contribution >= 0.6 is 0 Å². The summed E-state index contributed by atoms with van der Waals surface area (Å²) in [4.78, 5) is 0. The molecule has 1 aliphatic carbocycles. The van der Waals surface area contributed by atoms with Gasteiger partial charge in [-0.2, -0.15) is 0 Å². The fourth-order valence-electron chi connectivity index (χ4n) is 1.51. The van der Waals surface area contributed by atoms with Crippen molar-refractivity contribution in [3.63, 3.8) is 0 Å². The van der Waals surface area contributed by atoms with E-state index in [0.717, 1.165) is 0 Å². The normalized spacial score (nSPS) is 16.7. The maximum Gasteiger partial charge on any atom is -0.0354 e. The molecule has 0 aromatic carbocycles. The van der Waals surface area contributed by atoms with Gasteiger partial charge in [-0.25, -0.2) is 0 Å². The first-order chi connectivity index (χ1) is 5.71. The van der Waals surface area contributed by atoms with Gasteiger partial charge in [-0.3, -0.25) is 0 Å². The van der Waals surface area contributed by atoms with E-state index in [1.807, 2.05) is 27.7 Å². The Bertz CT molecular complexity index is 64.1. The molecule has 0 amide bonds. The second-order valence-electron chi connectivity index (χ2n) is 3.72. The zero-order valence-electron chi connectivity index (χ0n) is 10.0. The first kappa shape index (κ1) is 23.7. The molecule has 0 aromatic rings. The van der Waals surface area contributed by atoms with Crippen LogP contribution < -0.4 is 0 Å². The molecule has 0 spiro atoms. The van der Waals surface area contributed by atoms with Crippen molar-refractivity contribution in [2.45, 2.75) is 88.5 Å². The van der Waals surface area contributed by atoms with Crippen molar-refractivity contribution < 1.29 is 0 Å². The van der Waals surface area contributed by atoms with Crippen molar-refractivity contribution in [2.24, 2.45) is 5.41 Å². The second-order valence-corrected chi connectivity index (χ2v) is 3.72. The third-order valence-electron chi connectivity index (χ3n) is 2.21. The average Bonchev–Trinajstić information content (AvgIpc) is 2.11. The van der Waals surface area contributed by atoms with Gasteiger partial charge >= 0.3 is 0 Å². The monoisotopic (exact) mass is 204 g/mol. The molecule has 0 bridgehead atoms. The first-order valence-electron chi connectivity index (χ1n) is 5.71. The Labute approximate surface area is 94.5 Å². The van der Waals surface area contributed by atoms with Crippen LogP contribution in [0.1, 0.15) is 88.5 Å². The van der Waals surface area contributed by atoms with E-state index in [0.29, 0.717) is 5.41 Å². The molecule has 0 N–H and O–H groups in total. The van der Waals surface area contributed by atoms with E-state index >= 15 is 0 Å². The van der Waals surface area contributed by atoms with Gasteiger partial charge in [0.1, 0.15) is 0 Å². The molecule has 1 fully saturated rings. The van der Waals surface area contributed by atoms with Gasteiger partial charge in [0.25, 0.3) is 0 Å². The third kappa shape index (κ3) is 14.5. The van der Waals surface area contributed by atoms with Gasteiger partial charge in [0, 0.05) is 0 Å². The highest BCUT2D eigenvalue weighted by atomic mass is 14.3. The molecule has 0 heterocycles. The van der Waals surface area contributed by atoms with Crippen LogP contribution in [-0.4, -0.2) is 0 Å². The molecule has 0 aliphatic heterocycles. The zero-order chi connectivity index (χ0) is 10.0. The van der Waals surface area contributed by atoms with Gasteiger partial charge in [0.2, 0.25) is 0 Å². The molecule has 1 saturated carbocycles. The summed E-state index contributed by atoms with van der Waals surface area (Å²) in [7, 11) is 0. The van der Waals surface area contributed by atoms with Crippen LogP contribution in [0.25, 0.3) is 0 Å². The number of rotatable bonds is 0. The minimum Gasteiger partial charge on any atom is -0.0776 e. The molecule has 92 valence electrons. The summed E-state index contributed by atoms with van der Waals surface area (Å²) < 4.78 is 0. The third-order valence-corrected chi connectivity index (χ3v) is 2.21. The summed E-state index contributed by atoms with van der Waals surface area (Å²) in [5, 5.41) is 0. The van der Waals surface area contributed by atoms with Gasteiger partial charge in [-0.05, 0) is 18.3 Å². The van der Waals surface area contributed by atoms with Crippen LogP contribution in [0, 0.1) is 5.41 Å². The summed E-state index contributed by atoms with van der Waals surface area (Å²) in [6.07, 6.45) is 7.31. The summed E-state index contributed by atoms with van der Waals surface area (Å²) in [5.74, 6) is 0. The van der Waals surface area contributed by atoms with E-state index in [4.69, 9.17) is 0 Å². The highest BCUT2D eigenvalue weighted by molar-refractivity contribution is 4.72. The predicted molar refractivity (Wildman–Crippen MR) is 73.0 cm³/mol. The molecule has 0 unspecified atom stereocenters. The zero-order valence-corrected chi connectivity index (χ0v) is 10.0. The minimum absolute atomic E-state index is 0. The molecular formula is C14H36. The highest BCUT2D eigenvalue weighted by Crippen LogP contribution is 2.34. The maximum atomic E-state index is 2.38. The van der Waals surface area contributed by atoms with Gasteiger partial charge < -0.3 is 0 Å². The Morgan fingerprint density at radius 3 is 1.07 bits per heavy atom. The van der Waals surface area contributed by atoms with Crippen molar-refractivity contribution in [1.82, 2.24) is 0 Å². The van der Waals surface area contributed by atoms with Gasteiger partial charge in [0.05, 0.1) is 0 Å². The molecule has 0 radical (unpaired) electrons. The van der Waals surface area contributed by atoms with Crippen LogP contribution in [0.15, 0.2) is 0 Å². The van der Waals surface area contributed by atoms with Crippen LogP contribution in [0.2, 0.25) is 0 Å². The maximum absolute atomic E-state index is 2.38. The largest absolute Gasteiger partial charge is 0.0776 e. The Morgan fingerprint density at radius 1 is 0.643 bits per heavy atom. The average molecular weight is 204 g/mol. The lowest BCUT2D eigenvalue weighted by Crippen LogP contribution is -2.14. The van der Waals surface area contributed by atoms with E-state index in [1.165, 1.54) is 32.1 Å². The van der Waals surface area contributed by atoms with Crippen molar-refractivity contribution in [3.05, 3.63) is 0 Å². The van der Waals surface area contributed by atoms with E-state index in [1.54, 1.807) is 0 Å². The fourth-order valence-corrected chi connectivity index (χ4v) is 1.51. The molecule has 0 nitrogen and oxygen atoms in total. The predicted octanol–water partition coefficient (Wildman–Crippen LogP) is 6.30. The van der Waals surface area contributed by atoms with Crippen molar-refractivity contribution in [3.8, 4) is 0 Å². The van der Waals surface area contributed by atoms with E-state index in [-0.39, 0.29) is 14.9 Å². The number of hydrogen-bond donors (Lipinski definition) is 0. The molecule has 0 heteroatoms.